The number of benzene rings is 1. The van der Waals surface area contributed by atoms with Gasteiger partial charge >= 0.3 is 11.9 Å². The number of rotatable bonds is 10. The Balaban J connectivity index is 2.79. The van der Waals surface area contributed by atoms with E-state index in [-0.39, 0.29) is 19.6 Å². The molecule has 0 fully saturated rings. The molecular formula is C17H25NO6. The summed E-state index contributed by atoms with van der Waals surface area (Å²) in [5, 5.41) is 3.03. The summed E-state index contributed by atoms with van der Waals surface area (Å²) in [6, 6.07) is 4.60. The molecule has 7 nitrogen and oxygen atoms in total. The summed E-state index contributed by atoms with van der Waals surface area (Å²) in [5.41, 5.74) is 0.830. The van der Waals surface area contributed by atoms with Crippen molar-refractivity contribution >= 4 is 11.9 Å². The monoisotopic (exact) mass is 339 g/mol. The van der Waals surface area contributed by atoms with Crippen LogP contribution < -0.4 is 14.8 Å². The third kappa shape index (κ3) is 6.08. The van der Waals surface area contributed by atoms with Gasteiger partial charge in [-0.1, -0.05) is 6.07 Å². The lowest BCUT2D eigenvalue weighted by Crippen LogP contribution is -2.40. The maximum absolute atomic E-state index is 12.0. The molecule has 0 radical (unpaired) electrons. The molecule has 0 saturated heterocycles. The second-order valence-corrected chi connectivity index (χ2v) is 4.87. The third-order valence-electron chi connectivity index (χ3n) is 3.28. The van der Waals surface area contributed by atoms with Crippen molar-refractivity contribution in [3.8, 4) is 11.5 Å². The lowest BCUT2D eigenvalue weighted by molar-refractivity contribution is -0.152. The summed E-state index contributed by atoms with van der Waals surface area (Å²) in [7, 11) is 3.13. The van der Waals surface area contributed by atoms with E-state index >= 15 is 0 Å². The molecule has 1 rings (SSSR count). The molecule has 1 unspecified atom stereocenters. The maximum atomic E-state index is 12.0. The van der Waals surface area contributed by atoms with E-state index in [0.29, 0.717) is 18.0 Å². The van der Waals surface area contributed by atoms with E-state index in [1.807, 2.05) is 6.07 Å². The molecule has 1 atom stereocenters. The molecule has 7 heteroatoms. The van der Waals surface area contributed by atoms with Crippen molar-refractivity contribution in [1.29, 1.82) is 0 Å². The van der Waals surface area contributed by atoms with E-state index < -0.39 is 18.0 Å². The van der Waals surface area contributed by atoms with Crippen molar-refractivity contribution in [1.82, 2.24) is 5.32 Å². The molecule has 0 aliphatic carbocycles. The van der Waals surface area contributed by atoms with Gasteiger partial charge in [0.05, 0.1) is 33.9 Å². The first-order valence-corrected chi connectivity index (χ1v) is 7.82. The van der Waals surface area contributed by atoms with Gasteiger partial charge < -0.3 is 18.9 Å². The van der Waals surface area contributed by atoms with Crippen LogP contribution in [0.25, 0.3) is 0 Å². The first-order chi connectivity index (χ1) is 11.5. The third-order valence-corrected chi connectivity index (χ3v) is 3.28. The van der Waals surface area contributed by atoms with Crippen LogP contribution in [0.4, 0.5) is 0 Å². The minimum absolute atomic E-state index is 0.0921. The Kier molecular flexibility index (Phi) is 8.64. The van der Waals surface area contributed by atoms with Crippen LogP contribution in [0.2, 0.25) is 0 Å². The average Bonchev–Trinajstić information content (AvgIpc) is 2.58. The largest absolute Gasteiger partial charge is 0.497 e. The fourth-order valence-electron chi connectivity index (χ4n) is 2.10. The number of methoxy groups -OCH3 is 2. The van der Waals surface area contributed by atoms with Gasteiger partial charge in [-0.2, -0.15) is 0 Å². The van der Waals surface area contributed by atoms with Crippen LogP contribution in [0.5, 0.6) is 11.5 Å². The highest BCUT2D eigenvalue weighted by atomic mass is 16.5. The molecule has 24 heavy (non-hydrogen) atoms. The molecular weight excluding hydrogens is 314 g/mol. The average molecular weight is 339 g/mol. The van der Waals surface area contributed by atoms with E-state index in [0.717, 1.165) is 5.56 Å². The zero-order valence-corrected chi connectivity index (χ0v) is 14.6. The minimum atomic E-state index is -0.782. The van der Waals surface area contributed by atoms with E-state index in [9.17, 15) is 9.59 Å². The highest BCUT2D eigenvalue weighted by Crippen LogP contribution is 2.24. The van der Waals surface area contributed by atoms with Crippen molar-refractivity contribution in [3.05, 3.63) is 23.8 Å². The van der Waals surface area contributed by atoms with Crippen LogP contribution in [0.1, 0.15) is 25.8 Å². The van der Waals surface area contributed by atoms with Gasteiger partial charge in [0.2, 0.25) is 0 Å². The number of nitrogens with one attached hydrogen (secondary N) is 1. The molecule has 0 saturated carbocycles. The van der Waals surface area contributed by atoms with Crippen LogP contribution in [-0.2, 0) is 25.6 Å². The number of carbonyl (C=O) groups excluding carboxylic acids is 2. The smallest absolute Gasteiger partial charge is 0.323 e. The molecule has 0 bridgehead atoms. The number of esters is 2. The molecule has 1 N–H and O–H groups in total. The van der Waals surface area contributed by atoms with Crippen molar-refractivity contribution in [3.63, 3.8) is 0 Å². The Morgan fingerprint density at radius 2 is 1.79 bits per heavy atom. The highest BCUT2D eigenvalue weighted by molar-refractivity contribution is 5.82. The van der Waals surface area contributed by atoms with E-state index in [2.05, 4.69) is 5.32 Å². The van der Waals surface area contributed by atoms with E-state index in [4.69, 9.17) is 18.9 Å². The predicted molar refractivity (Wildman–Crippen MR) is 88.1 cm³/mol. The minimum Gasteiger partial charge on any atom is -0.497 e. The molecule has 0 amide bonds. The fourth-order valence-corrected chi connectivity index (χ4v) is 2.10. The molecule has 0 heterocycles. The van der Waals surface area contributed by atoms with Crippen LogP contribution in [0.15, 0.2) is 18.2 Å². The van der Waals surface area contributed by atoms with Crippen LogP contribution >= 0.6 is 0 Å². The second-order valence-electron chi connectivity index (χ2n) is 4.87. The molecule has 0 spiro atoms. The number of hydrogen-bond donors (Lipinski definition) is 1. The van der Waals surface area contributed by atoms with Gasteiger partial charge in [0.1, 0.15) is 17.5 Å². The Bertz CT molecular complexity index is 546. The van der Waals surface area contributed by atoms with Crippen molar-refractivity contribution < 1.29 is 28.5 Å². The van der Waals surface area contributed by atoms with Crippen LogP contribution in [-0.4, -0.2) is 45.4 Å². The summed E-state index contributed by atoms with van der Waals surface area (Å²) < 4.78 is 20.4. The summed E-state index contributed by atoms with van der Waals surface area (Å²) in [6.45, 7) is 4.27. The van der Waals surface area contributed by atoms with Crippen molar-refractivity contribution in [2.75, 3.05) is 27.4 Å². The Morgan fingerprint density at radius 1 is 1.08 bits per heavy atom. The summed E-state index contributed by atoms with van der Waals surface area (Å²) in [5.74, 6) is 0.354. The molecule has 0 aromatic heterocycles. The van der Waals surface area contributed by atoms with E-state index in [1.54, 1.807) is 40.2 Å². The van der Waals surface area contributed by atoms with Crippen molar-refractivity contribution in [2.45, 2.75) is 32.9 Å². The first-order valence-electron chi connectivity index (χ1n) is 7.82. The summed E-state index contributed by atoms with van der Waals surface area (Å²) >= 11 is 0. The lowest BCUT2D eigenvalue weighted by Gasteiger charge is -2.18. The lowest BCUT2D eigenvalue weighted by atomic mass is 10.1. The standard InChI is InChI=1S/C17H25NO6/c1-5-23-16(19)10-14(17(20)24-6-2)18-11-12-7-8-13(21-3)9-15(12)22-4/h7-9,14,18H,5-6,10-11H2,1-4H3. The zero-order valence-electron chi connectivity index (χ0n) is 14.6. The number of hydrogen-bond acceptors (Lipinski definition) is 7. The number of carbonyl (C=O) groups is 2. The SMILES string of the molecule is CCOC(=O)CC(NCc1ccc(OC)cc1OC)C(=O)OCC. The fraction of sp³-hybridized carbons (Fsp3) is 0.529. The van der Waals surface area contributed by atoms with Crippen molar-refractivity contribution in [2.24, 2.45) is 0 Å². The van der Waals surface area contributed by atoms with Gasteiger partial charge in [-0.15, -0.1) is 0 Å². The van der Waals surface area contributed by atoms with E-state index in [1.165, 1.54) is 0 Å². The Labute approximate surface area is 142 Å². The van der Waals surface area contributed by atoms with Gasteiger partial charge in [0.15, 0.2) is 0 Å². The highest BCUT2D eigenvalue weighted by Gasteiger charge is 2.24. The van der Waals surface area contributed by atoms with Gasteiger partial charge in [-0.25, -0.2) is 0 Å². The normalized spacial score (nSPS) is 11.5. The van der Waals surface area contributed by atoms with Gasteiger partial charge in [-0.05, 0) is 19.9 Å². The van der Waals surface area contributed by atoms with Crippen LogP contribution in [0.3, 0.4) is 0 Å². The molecule has 134 valence electrons. The molecule has 1 aromatic carbocycles. The topological polar surface area (TPSA) is 83.1 Å². The Hall–Kier alpha value is -2.28. The summed E-state index contributed by atoms with van der Waals surface area (Å²) in [6.07, 6.45) is -0.0921. The molecule has 0 aliphatic rings. The number of ether oxygens (including phenoxy) is 4. The Morgan fingerprint density at radius 3 is 2.38 bits per heavy atom. The first kappa shape index (κ1) is 19.8. The van der Waals surface area contributed by atoms with Gasteiger partial charge in [-0.3, -0.25) is 14.9 Å². The predicted octanol–water partition coefficient (Wildman–Crippen LogP) is 1.68. The van der Waals surface area contributed by atoms with Gasteiger partial charge in [0, 0.05) is 18.2 Å². The molecule has 0 aliphatic heterocycles. The van der Waals surface area contributed by atoms with Crippen LogP contribution in [0, 0.1) is 0 Å². The second kappa shape index (κ2) is 10.5. The maximum Gasteiger partial charge on any atom is 0.323 e. The zero-order chi connectivity index (χ0) is 17.9. The summed E-state index contributed by atoms with van der Waals surface area (Å²) in [4.78, 5) is 23.7. The molecule has 1 aromatic rings. The quantitative estimate of drug-likeness (QED) is 0.649. The van der Waals surface area contributed by atoms with Gasteiger partial charge in [0.25, 0.3) is 0 Å².